The molecule has 0 spiro atoms. The fraction of sp³-hybridized carbons (Fsp3) is 1.00. The van der Waals surface area contributed by atoms with Gasteiger partial charge in [-0.3, -0.25) is 0 Å². The second-order valence-corrected chi connectivity index (χ2v) is 2.85. The van der Waals surface area contributed by atoms with E-state index in [4.69, 9.17) is 4.55 Å². The van der Waals surface area contributed by atoms with Gasteiger partial charge in [0.15, 0.2) is 11.1 Å². The van der Waals surface area contributed by atoms with E-state index < -0.39 is 11.1 Å². The lowest BCUT2D eigenvalue weighted by atomic mass is 10.4. The maximum atomic E-state index is 10.0. The molecule has 0 bridgehead atoms. The standard InChI is InChI=1S/C4H10O2S/c1-3-4(2)7(5)6/h4H,3H2,1-2H3,(H,5,6)/t4-/m0/s1. The molecule has 0 fully saturated rings. The summed E-state index contributed by atoms with van der Waals surface area (Å²) in [4.78, 5) is 0. The molecule has 7 heavy (non-hydrogen) atoms. The fourth-order valence-electron chi connectivity index (χ4n) is 0.143. The summed E-state index contributed by atoms with van der Waals surface area (Å²) in [7, 11) is 0. The van der Waals surface area contributed by atoms with Crippen molar-refractivity contribution in [2.24, 2.45) is 0 Å². The molecule has 1 N–H and O–H groups in total. The summed E-state index contributed by atoms with van der Waals surface area (Å²) in [6, 6.07) is 0. The van der Waals surface area contributed by atoms with Crippen molar-refractivity contribution in [2.45, 2.75) is 25.5 Å². The summed E-state index contributed by atoms with van der Waals surface area (Å²) in [5.74, 6) is 0. The summed E-state index contributed by atoms with van der Waals surface area (Å²) in [6.45, 7) is 3.63. The van der Waals surface area contributed by atoms with Crippen molar-refractivity contribution in [3.63, 3.8) is 0 Å². The van der Waals surface area contributed by atoms with Crippen LogP contribution in [0.5, 0.6) is 0 Å². The highest BCUT2D eigenvalue weighted by Gasteiger charge is 2.01. The van der Waals surface area contributed by atoms with Crippen molar-refractivity contribution in [3.8, 4) is 0 Å². The Labute approximate surface area is 46.2 Å². The Morgan fingerprint density at radius 2 is 2.29 bits per heavy atom. The molecule has 0 radical (unpaired) electrons. The Morgan fingerprint density at radius 3 is 2.29 bits per heavy atom. The van der Waals surface area contributed by atoms with Gasteiger partial charge in [-0.05, 0) is 13.3 Å². The van der Waals surface area contributed by atoms with Gasteiger partial charge in [-0.1, -0.05) is 6.92 Å². The van der Waals surface area contributed by atoms with Crippen molar-refractivity contribution < 1.29 is 8.76 Å². The monoisotopic (exact) mass is 122 g/mol. The summed E-state index contributed by atoms with van der Waals surface area (Å²) in [5, 5.41) is -0.0694. The Kier molecular flexibility index (Phi) is 3.21. The highest BCUT2D eigenvalue weighted by molar-refractivity contribution is 7.79. The Hall–Kier alpha value is 0.110. The first-order chi connectivity index (χ1) is 3.18. The maximum Gasteiger partial charge on any atom is 0.155 e. The van der Waals surface area contributed by atoms with Crippen LogP contribution in [0.25, 0.3) is 0 Å². The topological polar surface area (TPSA) is 37.3 Å². The normalized spacial score (nSPS) is 18.7. The smallest absolute Gasteiger partial charge is 0.155 e. The first kappa shape index (κ1) is 7.11. The zero-order chi connectivity index (χ0) is 5.86. The van der Waals surface area contributed by atoms with Crippen LogP contribution in [0.3, 0.4) is 0 Å². The molecule has 0 aromatic heterocycles. The van der Waals surface area contributed by atoms with Gasteiger partial charge in [0.1, 0.15) is 0 Å². The van der Waals surface area contributed by atoms with E-state index >= 15 is 0 Å². The highest BCUT2D eigenvalue weighted by Crippen LogP contribution is 1.94. The molecule has 0 aliphatic carbocycles. The first-order valence-corrected chi connectivity index (χ1v) is 3.45. The molecule has 0 rings (SSSR count). The minimum atomic E-state index is -1.61. The van der Waals surface area contributed by atoms with Crippen molar-refractivity contribution in [3.05, 3.63) is 0 Å². The van der Waals surface area contributed by atoms with Crippen molar-refractivity contribution in [2.75, 3.05) is 0 Å². The Morgan fingerprint density at radius 1 is 1.86 bits per heavy atom. The third-order valence-corrected chi connectivity index (χ3v) is 1.94. The largest absolute Gasteiger partial charge is 0.306 e. The van der Waals surface area contributed by atoms with Crippen LogP contribution in [0.15, 0.2) is 0 Å². The molecule has 0 aliphatic rings. The van der Waals surface area contributed by atoms with Crippen LogP contribution in [-0.4, -0.2) is 14.0 Å². The molecule has 0 heterocycles. The van der Waals surface area contributed by atoms with Crippen molar-refractivity contribution in [1.82, 2.24) is 0 Å². The highest BCUT2D eigenvalue weighted by atomic mass is 32.2. The Balaban J connectivity index is 3.34. The third-order valence-electron chi connectivity index (χ3n) is 0.919. The number of hydrogen-bond acceptors (Lipinski definition) is 1. The maximum absolute atomic E-state index is 10.0. The molecule has 0 amide bonds. The second kappa shape index (κ2) is 3.16. The van der Waals surface area contributed by atoms with Gasteiger partial charge in [-0.25, -0.2) is 4.21 Å². The molecule has 2 atom stereocenters. The van der Waals surface area contributed by atoms with Gasteiger partial charge in [0, 0.05) is 0 Å². The molecule has 0 aromatic carbocycles. The number of hydrogen-bond donors (Lipinski definition) is 1. The lowest BCUT2D eigenvalue weighted by Crippen LogP contribution is -2.06. The second-order valence-electron chi connectivity index (χ2n) is 1.50. The molecular formula is C4H10O2S. The van der Waals surface area contributed by atoms with E-state index in [2.05, 4.69) is 0 Å². The van der Waals surface area contributed by atoms with Crippen molar-refractivity contribution >= 4 is 11.1 Å². The van der Waals surface area contributed by atoms with Gasteiger partial charge >= 0.3 is 0 Å². The van der Waals surface area contributed by atoms with Crippen LogP contribution in [0, 0.1) is 0 Å². The van der Waals surface area contributed by atoms with Gasteiger partial charge < -0.3 is 4.55 Å². The minimum Gasteiger partial charge on any atom is -0.306 e. The third kappa shape index (κ3) is 2.76. The minimum absolute atomic E-state index is 0.0694. The van der Waals surface area contributed by atoms with Gasteiger partial charge in [0.25, 0.3) is 0 Å². The molecule has 44 valence electrons. The summed E-state index contributed by atoms with van der Waals surface area (Å²) >= 11 is -1.61. The van der Waals surface area contributed by atoms with Crippen LogP contribution in [-0.2, 0) is 11.1 Å². The van der Waals surface area contributed by atoms with E-state index in [1.165, 1.54) is 0 Å². The molecule has 0 aliphatic heterocycles. The summed E-state index contributed by atoms with van der Waals surface area (Å²) in [6.07, 6.45) is 0.767. The molecule has 0 saturated carbocycles. The van der Waals surface area contributed by atoms with Crippen LogP contribution >= 0.6 is 0 Å². The number of rotatable bonds is 2. The zero-order valence-electron chi connectivity index (χ0n) is 4.55. The molecular weight excluding hydrogens is 112 g/mol. The van der Waals surface area contributed by atoms with Gasteiger partial charge in [-0.2, -0.15) is 0 Å². The quantitative estimate of drug-likeness (QED) is 0.555. The van der Waals surface area contributed by atoms with E-state index in [1.54, 1.807) is 6.92 Å². The molecule has 3 heteroatoms. The lowest BCUT2D eigenvalue weighted by Gasteiger charge is -1.97. The fourth-order valence-corrected chi connectivity index (χ4v) is 0.428. The van der Waals surface area contributed by atoms with Crippen LogP contribution in [0.4, 0.5) is 0 Å². The summed E-state index contributed by atoms with van der Waals surface area (Å²) < 4.78 is 18.3. The summed E-state index contributed by atoms with van der Waals surface area (Å²) in [5.41, 5.74) is 0. The van der Waals surface area contributed by atoms with Gasteiger partial charge in [0.05, 0.1) is 5.25 Å². The molecule has 0 saturated heterocycles. The average molecular weight is 122 g/mol. The SMILES string of the molecule is CC[C@H](C)S(=O)O. The average Bonchev–Trinajstić information content (AvgIpc) is 1.65. The van der Waals surface area contributed by atoms with Crippen molar-refractivity contribution in [1.29, 1.82) is 0 Å². The van der Waals surface area contributed by atoms with E-state index in [0.29, 0.717) is 0 Å². The Bertz CT molecular complexity index is 72.1. The predicted molar refractivity (Wildman–Crippen MR) is 30.5 cm³/mol. The molecule has 1 unspecified atom stereocenters. The van der Waals surface area contributed by atoms with Crippen LogP contribution in [0.1, 0.15) is 20.3 Å². The first-order valence-electron chi connectivity index (χ1n) is 2.28. The lowest BCUT2D eigenvalue weighted by molar-refractivity contribution is 0.549. The van der Waals surface area contributed by atoms with Gasteiger partial charge in [0.2, 0.25) is 0 Å². The predicted octanol–water partition coefficient (Wildman–Crippen LogP) is 1.01. The zero-order valence-corrected chi connectivity index (χ0v) is 5.36. The van der Waals surface area contributed by atoms with E-state index in [-0.39, 0.29) is 5.25 Å². The van der Waals surface area contributed by atoms with E-state index in [0.717, 1.165) is 6.42 Å². The van der Waals surface area contributed by atoms with Gasteiger partial charge in [-0.15, -0.1) is 0 Å². The van der Waals surface area contributed by atoms with E-state index in [1.807, 2.05) is 6.92 Å². The van der Waals surface area contributed by atoms with Crippen LogP contribution in [0.2, 0.25) is 0 Å². The van der Waals surface area contributed by atoms with Crippen LogP contribution < -0.4 is 0 Å². The van der Waals surface area contributed by atoms with E-state index in [9.17, 15) is 4.21 Å². The molecule has 2 nitrogen and oxygen atoms in total. The molecule has 0 aromatic rings.